The highest BCUT2D eigenvalue weighted by Crippen LogP contribution is 2.24. The predicted molar refractivity (Wildman–Crippen MR) is 106 cm³/mol. The molecule has 1 aromatic heterocycles. The predicted octanol–water partition coefficient (Wildman–Crippen LogP) is 1.51. The number of benzene rings is 1. The van der Waals surface area contributed by atoms with Gasteiger partial charge in [0.2, 0.25) is 10.0 Å². The zero-order valence-corrected chi connectivity index (χ0v) is 17.0. The summed E-state index contributed by atoms with van der Waals surface area (Å²) < 4.78 is 27.8. The molecule has 0 bridgehead atoms. The number of amides is 1. The smallest absolute Gasteiger partial charge is 0.270 e. The first-order valence-corrected chi connectivity index (χ1v) is 10.4. The number of nitrogens with one attached hydrogen (secondary N) is 1. The van der Waals surface area contributed by atoms with Crippen LogP contribution < -0.4 is 9.62 Å². The molecule has 0 saturated carbocycles. The first-order valence-electron chi connectivity index (χ1n) is 8.95. The van der Waals surface area contributed by atoms with Crippen molar-refractivity contribution in [3.8, 4) is 0 Å². The molecule has 27 heavy (non-hydrogen) atoms. The van der Waals surface area contributed by atoms with Crippen LogP contribution in [-0.2, 0) is 17.1 Å². The number of carbonyl (C=O) groups excluding carboxylic acids is 1. The summed E-state index contributed by atoms with van der Waals surface area (Å²) >= 11 is 0. The molecular formula is C19H26N4O3S. The fourth-order valence-electron chi connectivity index (χ4n) is 3.40. The molecule has 1 aliphatic rings. The number of carbonyl (C=O) groups is 1. The van der Waals surface area contributed by atoms with Crippen LogP contribution in [0.25, 0.3) is 0 Å². The Morgan fingerprint density at radius 1 is 1.11 bits per heavy atom. The van der Waals surface area contributed by atoms with E-state index >= 15 is 0 Å². The topological polar surface area (TPSA) is 74.7 Å². The summed E-state index contributed by atoms with van der Waals surface area (Å²) in [6.45, 7) is 6.93. The summed E-state index contributed by atoms with van der Waals surface area (Å²) in [5.41, 5.74) is 4.11. The van der Waals surface area contributed by atoms with Gasteiger partial charge in [-0.25, -0.2) is 13.1 Å². The van der Waals surface area contributed by atoms with Gasteiger partial charge in [-0.2, -0.15) is 0 Å². The minimum Gasteiger partial charge on any atom is -0.368 e. The van der Waals surface area contributed by atoms with Crippen LogP contribution in [0.1, 0.15) is 21.6 Å². The van der Waals surface area contributed by atoms with Gasteiger partial charge in [0, 0.05) is 45.1 Å². The maximum Gasteiger partial charge on any atom is 0.270 e. The van der Waals surface area contributed by atoms with E-state index in [0.29, 0.717) is 18.8 Å². The Kier molecular flexibility index (Phi) is 5.30. The number of aryl methyl sites for hydroxylation is 2. The molecule has 1 amide bonds. The molecule has 0 atom stereocenters. The third-order valence-corrected chi connectivity index (χ3v) is 6.64. The van der Waals surface area contributed by atoms with Crippen molar-refractivity contribution in [2.45, 2.75) is 18.7 Å². The van der Waals surface area contributed by atoms with Crippen LogP contribution in [0.2, 0.25) is 0 Å². The molecule has 0 spiro atoms. The lowest BCUT2D eigenvalue weighted by Crippen LogP contribution is -2.49. The summed E-state index contributed by atoms with van der Waals surface area (Å²) in [5.74, 6) is -0.143. The molecule has 7 nitrogen and oxygen atoms in total. The Balaban J connectivity index is 1.73. The number of aromatic nitrogens is 1. The minimum atomic E-state index is -3.57. The number of sulfonamides is 1. The number of anilines is 1. The Hall–Kier alpha value is -2.32. The molecule has 1 fully saturated rings. The van der Waals surface area contributed by atoms with Crippen LogP contribution in [0.5, 0.6) is 0 Å². The Bertz CT molecular complexity index is 957. The van der Waals surface area contributed by atoms with Gasteiger partial charge in [0.1, 0.15) is 10.6 Å². The van der Waals surface area contributed by atoms with E-state index in [1.807, 2.05) is 0 Å². The van der Waals surface area contributed by atoms with Gasteiger partial charge in [0.25, 0.3) is 5.91 Å². The molecule has 8 heteroatoms. The van der Waals surface area contributed by atoms with Gasteiger partial charge in [-0.05, 0) is 44.2 Å². The minimum absolute atomic E-state index is 0.102. The van der Waals surface area contributed by atoms with Crippen molar-refractivity contribution in [2.75, 3.05) is 38.1 Å². The standard InChI is InChI=1S/C19H26N4O3S/c1-14-6-5-7-17(15(14)2)22-8-10-23(11-9-22)19(24)18-12-16(13-21(18)4)27(25,26)20-3/h5-7,12-13,20H,8-11H2,1-4H3. The first-order chi connectivity index (χ1) is 12.7. The molecule has 1 aliphatic heterocycles. The zero-order valence-electron chi connectivity index (χ0n) is 16.2. The molecule has 0 radical (unpaired) electrons. The molecule has 3 rings (SSSR count). The maximum absolute atomic E-state index is 12.9. The number of hydrogen-bond acceptors (Lipinski definition) is 4. The second-order valence-corrected chi connectivity index (χ2v) is 8.76. The summed E-state index contributed by atoms with van der Waals surface area (Å²) in [4.78, 5) is 17.1. The van der Waals surface area contributed by atoms with E-state index < -0.39 is 10.0 Å². The van der Waals surface area contributed by atoms with Gasteiger partial charge in [-0.15, -0.1) is 0 Å². The number of rotatable bonds is 4. The van der Waals surface area contributed by atoms with Gasteiger partial charge < -0.3 is 14.4 Å². The van der Waals surface area contributed by atoms with E-state index in [4.69, 9.17) is 0 Å². The monoisotopic (exact) mass is 390 g/mol. The van der Waals surface area contributed by atoms with E-state index in [0.717, 1.165) is 13.1 Å². The van der Waals surface area contributed by atoms with E-state index in [-0.39, 0.29) is 10.8 Å². The normalized spacial score (nSPS) is 15.3. The van der Waals surface area contributed by atoms with Crippen molar-refractivity contribution in [2.24, 2.45) is 7.05 Å². The van der Waals surface area contributed by atoms with Gasteiger partial charge in [0.05, 0.1) is 0 Å². The van der Waals surface area contributed by atoms with E-state index in [9.17, 15) is 13.2 Å². The summed E-state index contributed by atoms with van der Waals surface area (Å²) in [6, 6.07) is 7.71. The van der Waals surface area contributed by atoms with Crippen LogP contribution in [0.3, 0.4) is 0 Å². The molecular weight excluding hydrogens is 364 g/mol. The van der Waals surface area contributed by atoms with Gasteiger partial charge in [0.15, 0.2) is 0 Å². The van der Waals surface area contributed by atoms with E-state index in [1.165, 1.54) is 36.1 Å². The highest BCUT2D eigenvalue weighted by molar-refractivity contribution is 7.89. The maximum atomic E-state index is 12.9. The van der Waals surface area contributed by atoms with Crippen LogP contribution in [-0.4, -0.2) is 57.0 Å². The van der Waals surface area contributed by atoms with Crippen molar-refractivity contribution in [1.82, 2.24) is 14.2 Å². The lowest BCUT2D eigenvalue weighted by atomic mass is 10.1. The lowest BCUT2D eigenvalue weighted by molar-refractivity contribution is 0.0737. The van der Waals surface area contributed by atoms with Crippen molar-refractivity contribution in [1.29, 1.82) is 0 Å². The average molecular weight is 391 g/mol. The largest absolute Gasteiger partial charge is 0.368 e. The van der Waals surface area contributed by atoms with Crippen LogP contribution in [0, 0.1) is 13.8 Å². The highest BCUT2D eigenvalue weighted by Gasteiger charge is 2.26. The molecule has 2 heterocycles. The number of piperazine rings is 1. The SMILES string of the molecule is CNS(=O)(=O)c1cc(C(=O)N2CCN(c3cccc(C)c3C)CC2)n(C)c1. The fourth-order valence-corrected chi connectivity index (χ4v) is 4.20. The van der Waals surface area contributed by atoms with Crippen molar-refractivity contribution in [3.05, 3.63) is 47.3 Å². The van der Waals surface area contributed by atoms with Crippen molar-refractivity contribution < 1.29 is 13.2 Å². The Morgan fingerprint density at radius 2 is 1.78 bits per heavy atom. The third kappa shape index (κ3) is 3.72. The van der Waals surface area contributed by atoms with Crippen LogP contribution >= 0.6 is 0 Å². The molecule has 0 unspecified atom stereocenters. The van der Waals surface area contributed by atoms with Gasteiger partial charge in [-0.1, -0.05) is 12.1 Å². The summed E-state index contributed by atoms with van der Waals surface area (Å²) in [6.07, 6.45) is 1.46. The highest BCUT2D eigenvalue weighted by atomic mass is 32.2. The lowest BCUT2D eigenvalue weighted by Gasteiger charge is -2.37. The second-order valence-electron chi connectivity index (χ2n) is 6.88. The summed E-state index contributed by atoms with van der Waals surface area (Å²) in [7, 11) is -0.521. The second kappa shape index (κ2) is 7.36. The first kappa shape index (κ1) is 19.4. The van der Waals surface area contributed by atoms with Crippen LogP contribution in [0.15, 0.2) is 35.4 Å². The van der Waals surface area contributed by atoms with Gasteiger partial charge in [-0.3, -0.25) is 4.79 Å². The zero-order chi connectivity index (χ0) is 19.8. The quantitative estimate of drug-likeness (QED) is 0.859. The van der Waals surface area contributed by atoms with Crippen molar-refractivity contribution >= 4 is 21.6 Å². The Labute approximate surface area is 160 Å². The molecule has 2 aromatic rings. The van der Waals surface area contributed by atoms with E-state index in [1.54, 1.807) is 16.5 Å². The molecule has 1 N–H and O–H groups in total. The molecule has 146 valence electrons. The van der Waals surface area contributed by atoms with Gasteiger partial charge >= 0.3 is 0 Å². The molecule has 0 aliphatic carbocycles. The fraction of sp³-hybridized carbons (Fsp3) is 0.421. The molecule has 1 aromatic carbocycles. The third-order valence-electron chi connectivity index (χ3n) is 5.26. The molecule has 1 saturated heterocycles. The van der Waals surface area contributed by atoms with Crippen LogP contribution in [0.4, 0.5) is 5.69 Å². The number of nitrogens with zero attached hydrogens (tertiary/aromatic N) is 3. The Morgan fingerprint density at radius 3 is 2.41 bits per heavy atom. The number of hydrogen-bond donors (Lipinski definition) is 1. The average Bonchev–Trinajstić information content (AvgIpc) is 3.06. The van der Waals surface area contributed by atoms with E-state index in [2.05, 4.69) is 41.7 Å². The summed E-state index contributed by atoms with van der Waals surface area (Å²) in [5, 5.41) is 0. The van der Waals surface area contributed by atoms with Crippen molar-refractivity contribution in [3.63, 3.8) is 0 Å².